The zero-order valence-electron chi connectivity index (χ0n) is 40.6. The molecule has 1 amide bonds. The van der Waals surface area contributed by atoms with E-state index in [1.807, 2.05) is 115 Å². The summed E-state index contributed by atoms with van der Waals surface area (Å²) in [5.41, 5.74) is -0.635. The van der Waals surface area contributed by atoms with Crippen molar-refractivity contribution in [2.75, 3.05) is 32.8 Å². The molecule has 1 fully saturated rings. The second-order valence-electron chi connectivity index (χ2n) is 17.9. The molecule has 0 radical (unpaired) electrons. The van der Waals surface area contributed by atoms with Crippen molar-refractivity contribution in [2.24, 2.45) is 0 Å². The number of methoxy groups -OCH3 is 2. The zero-order chi connectivity index (χ0) is 51.5. The second kappa shape index (κ2) is 23.2. The largest absolute Gasteiger partial charge is 0.497 e. The maximum Gasteiger partial charge on any atom is 0.328 e. The normalized spacial score (nSPS) is 17.1. The Labute approximate surface area is 423 Å². The number of amides is 1. The highest BCUT2D eigenvalue weighted by Gasteiger charge is 2.52. The van der Waals surface area contributed by atoms with E-state index in [4.69, 9.17) is 54.0 Å². The molecule has 1 saturated heterocycles. The molecule has 6 aromatic rings. The maximum atomic E-state index is 13.4. The minimum atomic E-state index is -4.09. The van der Waals surface area contributed by atoms with Crippen LogP contribution in [0.4, 0.5) is 5.95 Å². The third-order valence-electron chi connectivity index (χ3n) is 11.5. The van der Waals surface area contributed by atoms with Gasteiger partial charge in [0.25, 0.3) is 0 Å². The number of nitrogens with zero attached hydrogens (tertiary/aromatic N) is 7. The van der Waals surface area contributed by atoms with Gasteiger partial charge in [0.1, 0.15) is 42.0 Å². The van der Waals surface area contributed by atoms with Crippen LogP contribution in [0.3, 0.4) is 0 Å². The summed E-state index contributed by atoms with van der Waals surface area (Å²) in [6.45, 7) is 2.19. The van der Waals surface area contributed by atoms with Crippen molar-refractivity contribution in [3.05, 3.63) is 138 Å². The fourth-order valence-corrected chi connectivity index (χ4v) is 11.6. The van der Waals surface area contributed by atoms with Crippen LogP contribution in [0.5, 0.6) is 17.4 Å². The van der Waals surface area contributed by atoms with Crippen molar-refractivity contribution in [1.29, 1.82) is 15.8 Å². The van der Waals surface area contributed by atoms with Crippen molar-refractivity contribution >= 4 is 41.5 Å². The Hall–Kier alpha value is -6.82. The van der Waals surface area contributed by atoms with Gasteiger partial charge in [0.15, 0.2) is 17.4 Å². The summed E-state index contributed by atoms with van der Waals surface area (Å²) in [5, 5.41) is 44.4. The summed E-state index contributed by atoms with van der Waals surface area (Å²) >= 11 is 6.15. The number of aliphatic hydroxyl groups excluding tert-OH is 1. The number of nitrogens with one attached hydrogen (secondary N) is 1. The smallest absolute Gasteiger partial charge is 0.328 e. The van der Waals surface area contributed by atoms with E-state index < -0.39 is 54.0 Å². The van der Waals surface area contributed by atoms with Crippen LogP contribution < -0.4 is 19.5 Å². The Morgan fingerprint density at radius 3 is 1.90 bits per heavy atom. The molecule has 0 spiro atoms. The molecule has 4 aromatic carbocycles. The number of ether oxygens (including phenoxy) is 5. The molecular formula is C52H55N8O10PS. The molecule has 7 rings (SSSR count). The average molecular weight is 1020 g/mol. The van der Waals surface area contributed by atoms with E-state index in [0.717, 1.165) is 22.3 Å². The third-order valence-corrected chi connectivity index (χ3v) is 14.1. The van der Waals surface area contributed by atoms with Gasteiger partial charge in [0, 0.05) is 0 Å². The molecule has 2 N–H and O–H groups in total. The van der Waals surface area contributed by atoms with Gasteiger partial charge in [-0.2, -0.15) is 25.8 Å². The molecule has 0 bridgehead atoms. The number of rotatable bonds is 23. The number of carbonyl (C=O) groups excluding carboxylic acids is 1. The lowest BCUT2D eigenvalue weighted by molar-refractivity contribution is -0.115. The van der Waals surface area contributed by atoms with Gasteiger partial charge in [-0.3, -0.25) is 19.2 Å². The first-order valence-electron chi connectivity index (χ1n) is 22.9. The fourth-order valence-electron chi connectivity index (χ4n) is 8.11. The molecule has 1 aliphatic heterocycles. The standard InChI is InChI=1S/C52H55N8O10PS/c1-50(2,26-29-54)69-71(72,70-51(3,4)27-30-55)68-45-44(62)41(33-66-52(36-16-11-8-12-17-36,37-18-22-39(63-5)23-19-37)38-20-24-40(64-6)25-21-38)67-48(45)60-34-56-43-46(60)58-49(59-47(43)65-31-13-28-53)57-42(61)32-35-14-9-7-10-15-35/h7-12,14-25,34,41,44-45,48,62H,13,26-27,31-33H2,1-6H3,(H,57,58,59,61)/t41-,44-,45-,48-/m1/s1. The first-order valence-corrected chi connectivity index (χ1v) is 25.5. The Morgan fingerprint density at radius 2 is 1.36 bits per heavy atom. The van der Waals surface area contributed by atoms with E-state index >= 15 is 0 Å². The summed E-state index contributed by atoms with van der Waals surface area (Å²) < 4.78 is 52.2. The van der Waals surface area contributed by atoms with Crippen LogP contribution >= 0.6 is 6.72 Å². The number of carbonyl (C=O) groups is 1. The molecule has 18 nitrogen and oxygen atoms in total. The summed E-state index contributed by atoms with van der Waals surface area (Å²) in [7, 11) is 3.16. The van der Waals surface area contributed by atoms with Crippen LogP contribution in [0.15, 0.2) is 116 Å². The van der Waals surface area contributed by atoms with E-state index in [2.05, 4.69) is 27.4 Å². The van der Waals surface area contributed by atoms with Crippen LogP contribution in [0, 0.1) is 34.0 Å². The van der Waals surface area contributed by atoms with Gasteiger partial charge in [-0.1, -0.05) is 84.9 Å². The molecule has 2 aromatic heterocycles. The molecular weight excluding hydrogens is 960 g/mol. The van der Waals surface area contributed by atoms with Crippen molar-refractivity contribution in [1.82, 2.24) is 19.5 Å². The van der Waals surface area contributed by atoms with E-state index in [1.165, 1.54) is 10.9 Å². The molecule has 1 aliphatic rings. The highest BCUT2D eigenvalue weighted by Crippen LogP contribution is 2.60. The van der Waals surface area contributed by atoms with Crippen molar-refractivity contribution in [3.63, 3.8) is 0 Å². The van der Waals surface area contributed by atoms with E-state index in [-0.39, 0.29) is 61.9 Å². The van der Waals surface area contributed by atoms with Crippen molar-refractivity contribution in [3.8, 4) is 35.6 Å². The van der Waals surface area contributed by atoms with E-state index in [0.29, 0.717) is 11.5 Å². The first kappa shape index (κ1) is 53.0. The lowest BCUT2D eigenvalue weighted by atomic mass is 9.80. The van der Waals surface area contributed by atoms with Crippen LogP contribution in [0.2, 0.25) is 0 Å². The lowest BCUT2D eigenvalue weighted by Crippen LogP contribution is -2.40. The molecule has 3 heterocycles. The first-order chi connectivity index (χ1) is 34.6. The molecule has 374 valence electrons. The number of anilines is 1. The summed E-state index contributed by atoms with van der Waals surface area (Å²) in [4.78, 5) is 27.2. The van der Waals surface area contributed by atoms with Gasteiger partial charge < -0.3 is 37.8 Å². The number of hydrogen-bond acceptors (Lipinski definition) is 17. The Balaban J connectivity index is 1.36. The topological polar surface area (TPSA) is 238 Å². The Kier molecular flexibility index (Phi) is 17.0. The summed E-state index contributed by atoms with van der Waals surface area (Å²) in [6, 6.07) is 39.9. The van der Waals surface area contributed by atoms with E-state index in [9.17, 15) is 25.7 Å². The lowest BCUT2D eigenvalue weighted by Gasteiger charge is -2.38. The second-order valence-corrected chi connectivity index (χ2v) is 20.7. The van der Waals surface area contributed by atoms with E-state index in [1.54, 1.807) is 41.9 Å². The minimum absolute atomic E-state index is 0.00802. The van der Waals surface area contributed by atoms with Crippen LogP contribution in [-0.2, 0) is 51.7 Å². The maximum absolute atomic E-state index is 13.4. The SMILES string of the molecule is COc1ccc(C(OC[C@H]2O[C@@H](n3cnc4c(OCCC#N)nc(NC(=O)Cc5ccccc5)nc43)[C@H](OP(=S)(OC(C)(C)CC#N)OC(C)(C)CC#N)[C@@H]2O)(c2ccccc2)c2ccc(OC)cc2)cc1. The molecule has 0 aliphatic carbocycles. The van der Waals surface area contributed by atoms with Crippen LogP contribution in [0.25, 0.3) is 11.2 Å². The highest BCUT2D eigenvalue weighted by atomic mass is 32.5. The fraction of sp³-hybridized carbons (Fsp3) is 0.365. The molecule has 20 heteroatoms. The van der Waals surface area contributed by atoms with Crippen molar-refractivity contribution in [2.45, 2.75) is 94.7 Å². The van der Waals surface area contributed by atoms with Gasteiger partial charge in [0.2, 0.25) is 17.7 Å². The molecule has 0 saturated carbocycles. The Bertz CT molecular complexity index is 2900. The summed E-state index contributed by atoms with van der Waals surface area (Å²) in [5.74, 6) is 0.634. The minimum Gasteiger partial charge on any atom is -0.497 e. The van der Waals surface area contributed by atoms with Gasteiger partial charge >= 0.3 is 6.72 Å². The van der Waals surface area contributed by atoms with Gasteiger partial charge in [-0.15, -0.1) is 0 Å². The summed E-state index contributed by atoms with van der Waals surface area (Å²) in [6.07, 6.45) is -4.36. The molecule has 72 heavy (non-hydrogen) atoms. The number of benzene rings is 4. The average Bonchev–Trinajstić information content (AvgIpc) is 3.91. The van der Waals surface area contributed by atoms with Crippen LogP contribution in [0.1, 0.15) is 75.4 Å². The van der Waals surface area contributed by atoms with Gasteiger partial charge in [0.05, 0.1) is 82.2 Å². The van der Waals surface area contributed by atoms with Gasteiger partial charge in [-0.05, 0) is 86.0 Å². The third kappa shape index (κ3) is 12.4. The van der Waals surface area contributed by atoms with Crippen LogP contribution in [-0.4, -0.2) is 87.5 Å². The number of hydrogen-bond donors (Lipinski definition) is 2. The van der Waals surface area contributed by atoms with Gasteiger partial charge in [-0.25, -0.2) is 4.98 Å². The quantitative estimate of drug-likeness (QED) is 0.0347. The predicted octanol–water partition coefficient (Wildman–Crippen LogP) is 8.61. The predicted molar refractivity (Wildman–Crippen MR) is 268 cm³/mol. The zero-order valence-corrected chi connectivity index (χ0v) is 42.3. The number of aromatic nitrogens is 4. The molecule has 4 atom stereocenters. The number of imidazole rings is 1. The highest BCUT2D eigenvalue weighted by molar-refractivity contribution is 8.07. The monoisotopic (exact) mass is 1010 g/mol. The number of nitriles is 3. The van der Waals surface area contributed by atoms with Crippen molar-refractivity contribution < 1.29 is 47.2 Å². The molecule has 0 unspecified atom stereocenters. The Morgan fingerprint density at radius 1 is 0.806 bits per heavy atom. The number of fused-ring (bicyclic) bond motifs is 1. The number of aliphatic hydroxyl groups is 1.